The summed E-state index contributed by atoms with van der Waals surface area (Å²) in [6.45, 7) is 7.62. The number of para-hydroxylation sites is 1. The number of carbonyl (C=O) groups is 2. The molecule has 158 valence electrons. The van der Waals surface area contributed by atoms with Gasteiger partial charge in [-0.3, -0.25) is 14.0 Å². The lowest BCUT2D eigenvalue weighted by molar-refractivity contribution is -0.142. The second-order valence-electron chi connectivity index (χ2n) is 6.32. The second-order valence-corrected chi connectivity index (χ2v) is 6.32. The van der Waals surface area contributed by atoms with Crippen LogP contribution in [0.5, 0.6) is 0 Å². The van der Waals surface area contributed by atoms with Gasteiger partial charge in [-0.05, 0) is 43.2 Å². The number of anilines is 1. The summed E-state index contributed by atoms with van der Waals surface area (Å²) in [6.07, 6.45) is 1.38. The molecule has 0 aliphatic rings. The number of fused-ring (bicyclic) bond motifs is 1. The van der Waals surface area contributed by atoms with Gasteiger partial charge in [0.2, 0.25) is 0 Å². The summed E-state index contributed by atoms with van der Waals surface area (Å²) in [7, 11) is 0.500. The van der Waals surface area contributed by atoms with Crippen molar-refractivity contribution in [1.29, 1.82) is 0 Å². The van der Waals surface area contributed by atoms with Gasteiger partial charge < -0.3 is 14.5 Å². The molecule has 5 nitrogen and oxygen atoms in total. The zero-order chi connectivity index (χ0) is 22.3. The van der Waals surface area contributed by atoms with Crippen molar-refractivity contribution in [2.45, 2.75) is 20.3 Å². The Balaban J connectivity index is 0.00000155. The largest absolute Gasteiger partial charge is 0.466 e. The predicted molar refractivity (Wildman–Crippen MR) is 113 cm³/mol. The van der Waals surface area contributed by atoms with E-state index in [-0.39, 0.29) is 24.0 Å². The van der Waals surface area contributed by atoms with Crippen LogP contribution in [0.1, 0.15) is 35.3 Å². The van der Waals surface area contributed by atoms with E-state index in [0.717, 1.165) is 0 Å². The van der Waals surface area contributed by atoms with Gasteiger partial charge in [0, 0.05) is 11.3 Å². The fourth-order valence-electron chi connectivity index (χ4n) is 2.94. The predicted octanol–water partition coefficient (Wildman–Crippen LogP) is 5.55. The average molecular weight is 415 g/mol. The molecule has 1 heterocycles. The van der Waals surface area contributed by atoms with Crippen LogP contribution >= 0.6 is 0 Å². The van der Waals surface area contributed by atoms with E-state index in [1.165, 1.54) is 18.4 Å². The number of furan rings is 1. The summed E-state index contributed by atoms with van der Waals surface area (Å²) in [6, 6.07) is 9.73. The van der Waals surface area contributed by atoms with Crippen LogP contribution in [0.25, 0.3) is 16.5 Å². The first-order chi connectivity index (χ1) is 14.4. The Labute approximate surface area is 173 Å². The average Bonchev–Trinajstić information content (AvgIpc) is 3.21. The fourth-order valence-corrected chi connectivity index (χ4v) is 2.94. The van der Waals surface area contributed by atoms with Crippen LogP contribution < -0.4 is 5.32 Å². The molecule has 3 aromatic rings. The smallest absolute Gasteiger partial charge is 0.310 e. The molecule has 0 aliphatic carbocycles. The highest BCUT2D eigenvalue weighted by molar-refractivity contribution is 6.08. The minimum Gasteiger partial charge on any atom is -0.466 e. The number of nitrogens with one attached hydrogen (secondary N) is 1. The highest BCUT2D eigenvalue weighted by Crippen LogP contribution is 2.30. The van der Waals surface area contributed by atoms with E-state index in [0.29, 0.717) is 35.1 Å². The lowest BCUT2D eigenvalue weighted by atomic mass is 10.0. The van der Waals surface area contributed by atoms with E-state index in [4.69, 9.17) is 9.15 Å². The van der Waals surface area contributed by atoms with Gasteiger partial charge in [-0.25, -0.2) is 4.39 Å². The van der Waals surface area contributed by atoms with Crippen molar-refractivity contribution >= 4 is 34.1 Å². The number of allylic oxidation sites excluding steroid dienone is 1. The maximum atomic E-state index is 14.9. The number of hydrogen-bond acceptors (Lipinski definition) is 4. The number of ether oxygens (including phenoxy) is 1. The molecule has 1 aromatic heterocycles. The third-order valence-corrected chi connectivity index (χ3v) is 4.28. The number of benzene rings is 2. The van der Waals surface area contributed by atoms with Crippen molar-refractivity contribution in [2.24, 2.45) is 0 Å². The second kappa shape index (κ2) is 10.3. The lowest BCUT2D eigenvalue weighted by Crippen LogP contribution is -2.17. The van der Waals surface area contributed by atoms with Crippen LogP contribution in [0, 0.1) is 5.82 Å². The molecule has 0 unspecified atom stereocenters. The summed E-state index contributed by atoms with van der Waals surface area (Å²) in [5.41, 5.74) is 2.44. The van der Waals surface area contributed by atoms with Crippen molar-refractivity contribution in [2.75, 3.05) is 19.1 Å². The third kappa shape index (κ3) is 4.92. The van der Waals surface area contributed by atoms with E-state index >= 15 is 0 Å². The van der Waals surface area contributed by atoms with Crippen LogP contribution in [0.4, 0.5) is 14.5 Å². The summed E-state index contributed by atoms with van der Waals surface area (Å²) < 4.78 is 34.7. The molecule has 0 spiro atoms. The van der Waals surface area contributed by atoms with Crippen molar-refractivity contribution in [3.63, 3.8) is 0 Å². The number of esters is 1. The molecule has 1 N–H and O–H groups in total. The highest BCUT2D eigenvalue weighted by atomic mass is 19.1. The summed E-state index contributed by atoms with van der Waals surface area (Å²) in [4.78, 5) is 24.6. The Hall–Kier alpha value is -3.48. The van der Waals surface area contributed by atoms with Gasteiger partial charge in [-0.1, -0.05) is 24.8 Å². The fraction of sp³-hybridized carbons (Fsp3) is 0.217. The zero-order valence-corrected chi connectivity index (χ0v) is 17.1. The number of rotatable bonds is 6. The third-order valence-electron chi connectivity index (χ3n) is 4.28. The van der Waals surface area contributed by atoms with Crippen molar-refractivity contribution in [3.8, 4) is 0 Å². The summed E-state index contributed by atoms with van der Waals surface area (Å²) in [5, 5.41) is 2.90. The molecule has 2 aromatic carbocycles. The standard InChI is InChI=1S/C22H20FNO4.CH3F/c1-4-27-19(25)11-14-7-5-6-8-18(14)24-22(26)17-12-16(13(2)3)21-15(20(17)23)9-10-28-21;1-2/h5-10,12H,2,4,11H2,1,3H3,(H,24,26);1H3. The molecule has 0 bridgehead atoms. The van der Waals surface area contributed by atoms with E-state index in [9.17, 15) is 18.4 Å². The zero-order valence-electron chi connectivity index (χ0n) is 17.1. The molecular weight excluding hydrogens is 392 g/mol. The molecule has 0 aliphatic heterocycles. The van der Waals surface area contributed by atoms with Gasteiger partial charge in [0.1, 0.15) is 11.4 Å². The molecule has 0 saturated carbocycles. The van der Waals surface area contributed by atoms with Crippen molar-refractivity contribution in [3.05, 3.63) is 71.7 Å². The summed E-state index contributed by atoms with van der Waals surface area (Å²) >= 11 is 0. The van der Waals surface area contributed by atoms with Crippen molar-refractivity contribution in [1.82, 2.24) is 0 Å². The van der Waals surface area contributed by atoms with E-state index in [1.807, 2.05) is 0 Å². The van der Waals surface area contributed by atoms with Gasteiger partial charge in [0.15, 0.2) is 0 Å². The molecule has 0 fully saturated rings. The molecule has 0 radical (unpaired) electrons. The van der Waals surface area contributed by atoms with Gasteiger partial charge in [0.05, 0.1) is 37.4 Å². The number of amides is 1. The minimum atomic E-state index is -0.672. The molecule has 30 heavy (non-hydrogen) atoms. The van der Waals surface area contributed by atoms with Gasteiger partial charge >= 0.3 is 5.97 Å². The lowest BCUT2D eigenvalue weighted by Gasteiger charge is -2.12. The molecular formula is C23H23F2NO4. The van der Waals surface area contributed by atoms with Gasteiger partial charge in [-0.2, -0.15) is 0 Å². The first-order valence-corrected chi connectivity index (χ1v) is 9.20. The van der Waals surface area contributed by atoms with Crippen LogP contribution in [0.2, 0.25) is 0 Å². The Morgan fingerprint density at radius 1 is 1.17 bits per heavy atom. The highest BCUT2D eigenvalue weighted by Gasteiger charge is 2.21. The molecule has 0 atom stereocenters. The Morgan fingerprint density at radius 3 is 2.53 bits per heavy atom. The maximum Gasteiger partial charge on any atom is 0.310 e. The van der Waals surface area contributed by atoms with Gasteiger partial charge in [-0.15, -0.1) is 0 Å². The summed E-state index contributed by atoms with van der Waals surface area (Å²) in [5.74, 6) is -1.70. The number of carbonyl (C=O) groups excluding carboxylic acids is 2. The van der Waals surface area contributed by atoms with Gasteiger partial charge in [0.25, 0.3) is 5.91 Å². The van der Waals surface area contributed by atoms with E-state index in [2.05, 4.69) is 11.9 Å². The van der Waals surface area contributed by atoms with Crippen LogP contribution in [0.15, 0.2) is 53.7 Å². The maximum absolute atomic E-state index is 14.9. The Morgan fingerprint density at radius 2 is 1.87 bits per heavy atom. The normalized spacial score (nSPS) is 10.2. The molecule has 7 heteroatoms. The van der Waals surface area contributed by atoms with Crippen LogP contribution in [-0.4, -0.2) is 25.7 Å². The Kier molecular flexibility index (Phi) is 7.86. The van der Waals surface area contributed by atoms with Crippen molar-refractivity contribution < 1.29 is 27.5 Å². The van der Waals surface area contributed by atoms with Crippen LogP contribution in [-0.2, 0) is 16.0 Å². The monoisotopic (exact) mass is 415 g/mol. The number of halogens is 2. The first-order valence-electron chi connectivity index (χ1n) is 9.20. The molecule has 3 rings (SSSR count). The number of alkyl halides is 1. The minimum absolute atomic E-state index is 0.00452. The van der Waals surface area contributed by atoms with E-state index in [1.54, 1.807) is 38.1 Å². The van der Waals surface area contributed by atoms with E-state index < -0.39 is 17.7 Å². The first kappa shape index (κ1) is 22.8. The molecule has 1 amide bonds. The molecule has 0 saturated heterocycles. The quantitative estimate of drug-likeness (QED) is 0.536. The SMILES string of the molecule is C=C(C)c1cc(C(=O)Nc2ccccc2CC(=O)OCC)c(F)c2ccoc12.CF. The van der Waals surface area contributed by atoms with Crippen LogP contribution in [0.3, 0.4) is 0 Å². The topological polar surface area (TPSA) is 68.5 Å². The number of hydrogen-bond donors (Lipinski definition) is 1. The Bertz CT molecular complexity index is 1070.